The first-order chi connectivity index (χ1) is 9.97. The van der Waals surface area contributed by atoms with Gasteiger partial charge in [0.1, 0.15) is 11.8 Å². The van der Waals surface area contributed by atoms with Crippen molar-refractivity contribution in [3.05, 3.63) is 35.4 Å². The monoisotopic (exact) mass is 308 g/mol. The van der Waals surface area contributed by atoms with Crippen LogP contribution in [0.3, 0.4) is 0 Å². The maximum Gasteiger partial charge on any atom is 0.329 e. The predicted octanol–water partition coefficient (Wildman–Crippen LogP) is 1.09. The molecule has 6 heteroatoms. The van der Waals surface area contributed by atoms with Crippen LogP contribution in [0.2, 0.25) is 0 Å². The van der Waals surface area contributed by atoms with Gasteiger partial charge in [-0.15, -0.1) is 0 Å². The Kier molecular flexibility index (Phi) is 4.67. The van der Waals surface area contributed by atoms with E-state index in [1.54, 1.807) is 24.3 Å². The van der Waals surface area contributed by atoms with Crippen LogP contribution < -0.4 is 0 Å². The summed E-state index contributed by atoms with van der Waals surface area (Å²) in [5, 5.41) is 0. The SMILES string of the molecule is COC(=O)C(CC[S+](C)C)N1C(=O)c2ccccc2C1=O. The van der Waals surface area contributed by atoms with Gasteiger partial charge in [-0.1, -0.05) is 12.1 Å². The molecule has 21 heavy (non-hydrogen) atoms. The Hall–Kier alpha value is -1.82. The number of ether oxygens (including phenoxy) is 1. The van der Waals surface area contributed by atoms with Crippen molar-refractivity contribution in [1.29, 1.82) is 0 Å². The number of benzene rings is 1. The molecule has 1 heterocycles. The van der Waals surface area contributed by atoms with Crippen LogP contribution in [0.25, 0.3) is 0 Å². The third-order valence-electron chi connectivity index (χ3n) is 3.41. The van der Waals surface area contributed by atoms with Gasteiger partial charge in [-0.05, 0) is 23.0 Å². The minimum atomic E-state index is -0.850. The lowest BCUT2D eigenvalue weighted by Crippen LogP contribution is -2.46. The number of rotatable bonds is 5. The number of carbonyl (C=O) groups excluding carboxylic acids is 3. The summed E-state index contributed by atoms with van der Waals surface area (Å²) in [6.45, 7) is 0. The number of fused-ring (bicyclic) bond motifs is 1. The minimum absolute atomic E-state index is 0.115. The maximum absolute atomic E-state index is 12.4. The fourth-order valence-corrected chi connectivity index (χ4v) is 3.02. The van der Waals surface area contributed by atoms with Crippen molar-refractivity contribution in [2.24, 2.45) is 0 Å². The second kappa shape index (κ2) is 6.30. The first kappa shape index (κ1) is 15.6. The number of esters is 1. The fourth-order valence-electron chi connectivity index (χ4n) is 2.33. The number of amides is 2. The Morgan fingerprint density at radius 1 is 1.19 bits per heavy atom. The average molecular weight is 308 g/mol. The third kappa shape index (κ3) is 2.95. The lowest BCUT2D eigenvalue weighted by atomic mass is 10.1. The highest BCUT2D eigenvalue weighted by atomic mass is 32.2. The van der Waals surface area contributed by atoms with Gasteiger partial charge in [-0.2, -0.15) is 0 Å². The second-order valence-corrected chi connectivity index (χ2v) is 7.42. The summed E-state index contributed by atoms with van der Waals surface area (Å²) in [5.41, 5.74) is 0.701. The van der Waals surface area contributed by atoms with E-state index in [1.807, 2.05) is 0 Å². The molecule has 0 N–H and O–H groups in total. The fraction of sp³-hybridized carbons (Fsp3) is 0.400. The van der Waals surface area contributed by atoms with Crippen molar-refractivity contribution in [2.45, 2.75) is 12.5 Å². The van der Waals surface area contributed by atoms with Gasteiger partial charge in [0, 0.05) is 6.42 Å². The van der Waals surface area contributed by atoms with Gasteiger partial charge >= 0.3 is 5.97 Å². The molecule has 2 amide bonds. The summed E-state index contributed by atoms with van der Waals surface area (Å²) in [5.74, 6) is -0.626. The van der Waals surface area contributed by atoms with E-state index in [-0.39, 0.29) is 10.9 Å². The van der Waals surface area contributed by atoms with Gasteiger partial charge in [-0.3, -0.25) is 14.5 Å². The minimum Gasteiger partial charge on any atom is -0.467 e. The Bertz CT molecular complexity index is 550. The zero-order valence-electron chi connectivity index (χ0n) is 12.3. The van der Waals surface area contributed by atoms with Crippen molar-refractivity contribution in [1.82, 2.24) is 4.90 Å². The number of imide groups is 1. The lowest BCUT2D eigenvalue weighted by Gasteiger charge is -2.23. The van der Waals surface area contributed by atoms with Gasteiger partial charge in [0.05, 0.1) is 30.7 Å². The standard InChI is InChI=1S/C15H18NO4S/c1-20-15(19)12(8-9-21(2)3)16-13(17)10-6-4-5-7-11(10)14(16)18/h4-7,12H,8-9H2,1-3H3/q+1. The molecule has 1 unspecified atom stereocenters. The van der Waals surface area contributed by atoms with Crippen molar-refractivity contribution in [3.63, 3.8) is 0 Å². The second-order valence-electron chi connectivity index (χ2n) is 5.04. The summed E-state index contributed by atoms with van der Waals surface area (Å²) >= 11 is 0. The van der Waals surface area contributed by atoms with Crippen LogP contribution in [0.1, 0.15) is 27.1 Å². The molecule has 5 nitrogen and oxygen atoms in total. The summed E-state index contributed by atoms with van der Waals surface area (Å²) in [6.07, 6.45) is 4.53. The summed E-state index contributed by atoms with van der Waals surface area (Å²) in [6, 6.07) is 5.77. The summed E-state index contributed by atoms with van der Waals surface area (Å²) in [4.78, 5) is 37.9. The van der Waals surface area contributed by atoms with Crippen LogP contribution in [-0.4, -0.2) is 54.1 Å². The molecule has 0 saturated heterocycles. The number of carbonyl (C=O) groups is 3. The van der Waals surface area contributed by atoms with Gasteiger partial charge in [0.2, 0.25) is 0 Å². The van der Waals surface area contributed by atoms with E-state index < -0.39 is 23.8 Å². The summed E-state index contributed by atoms with van der Waals surface area (Å²) in [7, 11) is 1.38. The summed E-state index contributed by atoms with van der Waals surface area (Å²) < 4.78 is 4.77. The van der Waals surface area contributed by atoms with Gasteiger partial charge in [0.15, 0.2) is 0 Å². The predicted molar refractivity (Wildman–Crippen MR) is 81.4 cm³/mol. The Morgan fingerprint density at radius 2 is 1.71 bits per heavy atom. The molecule has 1 aliphatic heterocycles. The molecule has 1 aromatic rings. The zero-order valence-corrected chi connectivity index (χ0v) is 13.1. The first-order valence-electron chi connectivity index (χ1n) is 6.56. The maximum atomic E-state index is 12.4. The van der Waals surface area contributed by atoms with Gasteiger partial charge < -0.3 is 4.74 Å². The molecular weight excluding hydrogens is 290 g/mol. The van der Waals surface area contributed by atoms with E-state index in [9.17, 15) is 14.4 Å². The van der Waals surface area contributed by atoms with Crippen molar-refractivity contribution in [2.75, 3.05) is 25.4 Å². The van der Waals surface area contributed by atoms with E-state index in [0.717, 1.165) is 10.7 Å². The highest BCUT2D eigenvalue weighted by molar-refractivity contribution is 7.95. The number of nitrogens with zero attached hydrogens (tertiary/aromatic N) is 1. The molecule has 0 bridgehead atoms. The number of hydrogen-bond donors (Lipinski definition) is 0. The first-order valence-corrected chi connectivity index (χ1v) is 8.77. The molecule has 2 rings (SSSR count). The van der Waals surface area contributed by atoms with Crippen molar-refractivity contribution in [3.8, 4) is 0 Å². The quantitative estimate of drug-likeness (QED) is 0.464. The van der Waals surface area contributed by atoms with Crippen LogP contribution in [-0.2, 0) is 20.4 Å². The Labute approximate surface area is 126 Å². The molecule has 1 aliphatic rings. The molecule has 1 aromatic carbocycles. The van der Waals surface area contributed by atoms with Crippen LogP contribution >= 0.6 is 0 Å². The molecule has 112 valence electrons. The van der Waals surface area contributed by atoms with Crippen molar-refractivity contribution < 1.29 is 19.1 Å². The Morgan fingerprint density at radius 3 is 2.14 bits per heavy atom. The third-order valence-corrected chi connectivity index (χ3v) is 4.46. The van der Waals surface area contributed by atoms with E-state index in [1.165, 1.54) is 7.11 Å². The lowest BCUT2D eigenvalue weighted by molar-refractivity contribution is -0.145. The highest BCUT2D eigenvalue weighted by Gasteiger charge is 2.43. The largest absolute Gasteiger partial charge is 0.467 e. The van der Waals surface area contributed by atoms with Crippen LogP contribution in [0.4, 0.5) is 0 Å². The molecule has 0 fully saturated rings. The molecular formula is C15H18NO4S+. The normalized spacial score (nSPS) is 15.3. The number of methoxy groups -OCH3 is 1. The van der Waals surface area contributed by atoms with E-state index in [0.29, 0.717) is 17.5 Å². The van der Waals surface area contributed by atoms with E-state index in [2.05, 4.69) is 12.5 Å². The number of hydrogen-bond acceptors (Lipinski definition) is 4. The Balaban J connectivity index is 2.31. The molecule has 0 aliphatic carbocycles. The average Bonchev–Trinajstić information content (AvgIpc) is 2.72. The van der Waals surface area contributed by atoms with Gasteiger partial charge in [0.25, 0.3) is 11.8 Å². The van der Waals surface area contributed by atoms with Crippen molar-refractivity contribution >= 4 is 28.7 Å². The smallest absolute Gasteiger partial charge is 0.329 e. The van der Waals surface area contributed by atoms with Crippen LogP contribution in [0.5, 0.6) is 0 Å². The molecule has 0 radical (unpaired) electrons. The van der Waals surface area contributed by atoms with Crippen LogP contribution in [0.15, 0.2) is 24.3 Å². The highest BCUT2D eigenvalue weighted by Crippen LogP contribution is 2.26. The molecule has 0 aromatic heterocycles. The van der Waals surface area contributed by atoms with Crippen LogP contribution in [0, 0.1) is 0 Å². The topological polar surface area (TPSA) is 63.7 Å². The van der Waals surface area contributed by atoms with E-state index in [4.69, 9.17) is 4.74 Å². The molecule has 1 atom stereocenters. The molecule has 0 saturated carbocycles. The van der Waals surface area contributed by atoms with E-state index >= 15 is 0 Å². The van der Waals surface area contributed by atoms with Gasteiger partial charge in [-0.25, -0.2) is 4.79 Å². The zero-order chi connectivity index (χ0) is 15.6. The molecule has 0 spiro atoms.